The van der Waals surface area contributed by atoms with Crippen LogP contribution in [0.15, 0.2) is 17.7 Å². The number of anilines is 1. The molecule has 0 radical (unpaired) electrons. The minimum atomic E-state index is 0.439. The largest absolute Gasteiger partial charge is 0.373 e. The number of nitrogens with zero attached hydrogens (tertiary/aromatic N) is 4. The normalized spacial score (nSPS) is 22.7. The smallest absolute Gasteiger partial charge is 0.182 e. The minimum absolute atomic E-state index is 0.439. The Labute approximate surface area is 155 Å². The molecule has 0 bridgehead atoms. The standard InChI is InChI=1S/C18H32N6S/c1-14(2)15(3)23-9-7-22(8-10-23)12-16-13-25-18(21-16)20-11-17-5-4-6-24(17)19/h13-14,17H,3-12,19H2,1-2H3,(H,20,21). The Bertz CT molecular complexity index is 564. The van der Waals surface area contributed by atoms with Crippen LogP contribution in [0.4, 0.5) is 5.13 Å². The van der Waals surface area contributed by atoms with Crippen LogP contribution in [-0.2, 0) is 6.54 Å². The van der Waals surface area contributed by atoms with Crippen LogP contribution in [0.2, 0.25) is 0 Å². The monoisotopic (exact) mass is 364 g/mol. The molecule has 3 heterocycles. The molecule has 1 unspecified atom stereocenters. The molecule has 2 fully saturated rings. The van der Waals surface area contributed by atoms with Crippen LogP contribution in [-0.4, -0.2) is 65.1 Å². The molecular formula is C18H32N6S. The SMILES string of the molecule is C=C(C(C)C)N1CCN(Cc2csc(NCC3CCCN3N)n2)CC1. The molecule has 3 N–H and O–H groups in total. The van der Waals surface area contributed by atoms with Crippen molar-refractivity contribution in [2.75, 3.05) is 44.6 Å². The number of nitrogens with two attached hydrogens (primary N) is 1. The van der Waals surface area contributed by atoms with Crippen molar-refractivity contribution in [3.63, 3.8) is 0 Å². The minimum Gasteiger partial charge on any atom is -0.373 e. The van der Waals surface area contributed by atoms with E-state index in [9.17, 15) is 0 Å². The van der Waals surface area contributed by atoms with Gasteiger partial charge in [-0.15, -0.1) is 11.3 Å². The van der Waals surface area contributed by atoms with Crippen molar-refractivity contribution in [3.8, 4) is 0 Å². The Morgan fingerprint density at radius 1 is 1.36 bits per heavy atom. The third kappa shape index (κ3) is 4.94. The third-order valence-corrected chi connectivity index (χ3v) is 6.14. The number of piperazine rings is 1. The van der Waals surface area contributed by atoms with E-state index < -0.39 is 0 Å². The first-order chi connectivity index (χ1) is 12.0. The molecule has 0 spiro atoms. The van der Waals surface area contributed by atoms with Crippen LogP contribution in [0.1, 0.15) is 32.4 Å². The van der Waals surface area contributed by atoms with Crippen LogP contribution >= 0.6 is 11.3 Å². The lowest BCUT2D eigenvalue weighted by molar-refractivity contribution is 0.144. The van der Waals surface area contributed by atoms with Crippen molar-refractivity contribution >= 4 is 16.5 Å². The molecule has 2 saturated heterocycles. The van der Waals surface area contributed by atoms with Gasteiger partial charge in [0, 0.05) is 62.9 Å². The summed E-state index contributed by atoms with van der Waals surface area (Å²) in [7, 11) is 0. The predicted molar refractivity (Wildman–Crippen MR) is 105 cm³/mol. The van der Waals surface area contributed by atoms with Gasteiger partial charge in [-0.05, 0) is 18.8 Å². The van der Waals surface area contributed by atoms with Crippen LogP contribution in [0.25, 0.3) is 0 Å². The van der Waals surface area contributed by atoms with Gasteiger partial charge in [-0.3, -0.25) is 10.7 Å². The number of aromatic nitrogens is 1. The van der Waals surface area contributed by atoms with Gasteiger partial charge in [0.25, 0.3) is 0 Å². The lowest BCUT2D eigenvalue weighted by Gasteiger charge is -2.37. The summed E-state index contributed by atoms with van der Waals surface area (Å²) in [6, 6.07) is 0.439. The zero-order chi connectivity index (χ0) is 17.8. The highest BCUT2D eigenvalue weighted by Crippen LogP contribution is 2.20. The summed E-state index contributed by atoms with van der Waals surface area (Å²) < 4.78 is 0. The Kier molecular flexibility index (Phi) is 6.33. The van der Waals surface area contributed by atoms with Crippen molar-refractivity contribution in [2.24, 2.45) is 11.8 Å². The van der Waals surface area contributed by atoms with Crippen molar-refractivity contribution in [1.29, 1.82) is 0 Å². The fourth-order valence-electron chi connectivity index (χ4n) is 3.53. The molecule has 0 amide bonds. The van der Waals surface area contributed by atoms with Crippen LogP contribution in [0.3, 0.4) is 0 Å². The molecule has 0 aromatic carbocycles. The Balaban J connectivity index is 1.42. The molecule has 2 aliphatic rings. The van der Waals surface area contributed by atoms with Gasteiger partial charge < -0.3 is 10.2 Å². The lowest BCUT2D eigenvalue weighted by Crippen LogP contribution is -2.45. The fourth-order valence-corrected chi connectivity index (χ4v) is 4.24. The van der Waals surface area contributed by atoms with Crippen LogP contribution in [0, 0.1) is 5.92 Å². The van der Waals surface area contributed by atoms with Gasteiger partial charge in [-0.1, -0.05) is 20.4 Å². The maximum atomic E-state index is 5.98. The molecule has 0 saturated carbocycles. The zero-order valence-corrected chi connectivity index (χ0v) is 16.4. The van der Waals surface area contributed by atoms with Gasteiger partial charge in [-0.25, -0.2) is 9.99 Å². The second-order valence-electron chi connectivity index (χ2n) is 7.47. The van der Waals surface area contributed by atoms with Gasteiger partial charge in [0.1, 0.15) is 0 Å². The average molecular weight is 365 g/mol. The van der Waals surface area contributed by atoms with Gasteiger partial charge in [0.2, 0.25) is 0 Å². The zero-order valence-electron chi connectivity index (χ0n) is 15.6. The lowest BCUT2D eigenvalue weighted by atomic mass is 10.1. The van der Waals surface area contributed by atoms with E-state index in [2.05, 4.69) is 40.9 Å². The summed E-state index contributed by atoms with van der Waals surface area (Å²) in [5.74, 6) is 6.51. The molecule has 140 valence electrons. The molecule has 7 heteroatoms. The molecular weight excluding hydrogens is 332 g/mol. The van der Waals surface area contributed by atoms with Crippen LogP contribution in [0.5, 0.6) is 0 Å². The first-order valence-electron chi connectivity index (χ1n) is 9.38. The first-order valence-corrected chi connectivity index (χ1v) is 10.3. The van der Waals surface area contributed by atoms with Crippen molar-refractivity contribution in [3.05, 3.63) is 23.3 Å². The Morgan fingerprint density at radius 2 is 2.12 bits per heavy atom. The van der Waals surface area contributed by atoms with Gasteiger partial charge in [-0.2, -0.15) is 0 Å². The van der Waals surface area contributed by atoms with E-state index in [0.29, 0.717) is 12.0 Å². The van der Waals surface area contributed by atoms with E-state index in [0.717, 1.165) is 50.9 Å². The maximum absolute atomic E-state index is 5.98. The summed E-state index contributed by atoms with van der Waals surface area (Å²) >= 11 is 1.70. The topological polar surface area (TPSA) is 60.7 Å². The molecule has 6 nitrogen and oxygen atoms in total. The quantitative estimate of drug-likeness (QED) is 0.723. The summed E-state index contributed by atoms with van der Waals surface area (Å²) in [4.78, 5) is 9.66. The van der Waals surface area contributed by atoms with E-state index in [4.69, 9.17) is 10.8 Å². The van der Waals surface area contributed by atoms with E-state index in [-0.39, 0.29) is 0 Å². The molecule has 1 atom stereocenters. The first kappa shape index (κ1) is 18.6. The van der Waals surface area contributed by atoms with Gasteiger partial charge in [0.05, 0.1) is 5.69 Å². The summed E-state index contributed by atoms with van der Waals surface area (Å²) in [6.45, 7) is 15.8. The predicted octanol–water partition coefficient (Wildman–Crippen LogP) is 2.18. The Hall–Kier alpha value is -1.15. The number of nitrogens with one attached hydrogen (secondary N) is 1. The summed E-state index contributed by atoms with van der Waals surface area (Å²) in [5, 5.41) is 8.60. The average Bonchev–Trinajstić information content (AvgIpc) is 3.21. The molecule has 2 aliphatic heterocycles. The number of thiazole rings is 1. The van der Waals surface area contributed by atoms with Crippen LogP contribution < -0.4 is 11.2 Å². The highest BCUT2D eigenvalue weighted by atomic mass is 32.1. The highest BCUT2D eigenvalue weighted by molar-refractivity contribution is 7.13. The van der Waals surface area contributed by atoms with E-state index >= 15 is 0 Å². The second kappa shape index (κ2) is 8.49. The molecule has 1 aromatic heterocycles. The van der Waals surface area contributed by atoms with E-state index in [1.54, 1.807) is 11.3 Å². The molecule has 3 rings (SSSR count). The Morgan fingerprint density at radius 3 is 2.76 bits per heavy atom. The maximum Gasteiger partial charge on any atom is 0.182 e. The van der Waals surface area contributed by atoms with Gasteiger partial charge >= 0.3 is 0 Å². The van der Waals surface area contributed by atoms with E-state index in [1.165, 1.54) is 24.2 Å². The van der Waals surface area contributed by atoms with Crippen molar-refractivity contribution in [2.45, 2.75) is 39.3 Å². The molecule has 0 aliphatic carbocycles. The van der Waals surface area contributed by atoms with Crippen molar-refractivity contribution < 1.29 is 0 Å². The summed E-state index contributed by atoms with van der Waals surface area (Å²) in [6.07, 6.45) is 2.37. The number of hydrogen-bond acceptors (Lipinski definition) is 7. The van der Waals surface area contributed by atoms with E-state index in [1.807, 2.05) is 5.01 Å². The summed E-state index contributed by atoms with van der Waals surface area (Å²) in [5.41, 5.74) is 2.43. The number of hydrogen-bond donors (Lipinski definition) is 2. The number of allylic oxidation sites excluding steroid dienone is 1. The number of hydrazine groups is 1. The van der Waals surface area contributed by atoms with Crippen molar-refractivity contribution in [1.82, 2.24) is 19.8 Å². The molecule has 25 heavy (non-hydrogen) atoms. The second-order valence-corrected chi connectivity index (χ2v) is 8.33. The molecule has 1 aromatic rings. The highest BCUT2D eigenvalue weighted by Gasteiger charge is 2.22. The van der Waals surface area contributed by atoms with Gasteiger partial charge in [0.15, 0.2) is 5.13 Å². The third-order valence-electron chi connectivity index (χ3n) is 5.29. The number of rotatable bonds is 7. The fraction of sp³-hybridized carbons (Fsp3) is 0.722.